The van der Waals surface area contributed by atoms with Crippen molar-refractivity contribution >= 4 is 25.8 Å². The van der Waals surface area contributed by atoms with Crippen LogP contribution in [-0.4, -0.2) is 25.8 Å². The standard InChI is InChI=1S/C24H24B2F4O4/c1-3-5-21-15-23(33-25(27,28)31-21)19-11-7-17(8-12-19)18-9-13-20(14-10-18)24-16-22(6-4-2)32-26(29,30)34-24/h7-16H,3-6H2,1-2H3. The molecule has 178 valence electrons. The Kier molecular flexibility index (Phi) is 6.68. The van der Waals surface area contributed by atoms with Gasteiger partial charge in [-0.1, -0.05) is 38.1 Å². The van der Waals surface area contributed by atoms with Gasteiger partial charge < -0.3 is 35.3 Å². The number of carbonyl (C=O) groups excluding carboxylic acids is 2. The Bertz CT molecular complexity index is 1080. The molecule has 0 saturated heterocycles. The van der Waals surface area contributed by atoms with Crippen molar-refractivity contribution in [1.82, 2.24) is 0 Å². The molecule has 0 fully saturated rings. The normalized spacial score (nSPS) is 18.6. The number of halogens is 4. The first-order valence-corrected chi connectivity index (χ1v) is 11.3. The van der Waals surface area contributed by atoms with Crippen LogP contribution in [0.3, 0.4) is 0 Å². The van der Waals surface area contributed by atoms with E-state index in [0.717, 1.165) is 11.1 Å². The summed E-state index contributed by atoms with van der Waals surface area (Å²) in [4.78, 5) is 0. The molecule has 2 heterocycles. The van der Waals surface area contributed by atoms with Crippen LogP contribution in [0, 0.1) is 0 Å². The van der Waals surface area contributed by atoms with Crippen LogP contribution in [0.1, 0.15) is 59.3 Å². The van der Waals surface area contributed by atoms with Crippen molar-refractivity contribution in [3.8, 4) is 11.1 Å². The predicted molar refractivity (Wildman–Crippen MR) is 125 cm³/mol. The first-order valence-electron chi connectivity index (χ1n) is 11.3. The minimum Gasteiger partial charge on any atom is -0.572 e. The Labute approximate surface area is 195 Å². The highest BCUT2D eigenvalue weighted by Gasteiger charge is 2.53. The van der Waals surface area contributed by atoms with Crippen LogP contribution in [0.4, 0.5) is 17.3 Å². The fourth-order valence-corrected chi connectivity index (χ4v) is 3.84. The number of allylic oxidation sites excluding steroid dienone is 4. The first kappa shape index (κ1) is 23.9. The van der Waals surface area contributed by atoms with Gasteiger partial charge in [0.1, 0.15) is 0 Å². The van der Waals surface area contributed by atoms with E-state index in [1.165, 1.54) is 12.2 Å². The molecular formula is C24H24B2F4O4. The molecule has 0 bridgehead atoms. The van der Waals surface area contributed by atoms with Gasteiger partial charge in [0.25, 0.3) is 11.6 Å². The zero-order valence-corrected chi connectivity index (χ0v) is 18.9. The summed E-state index contributed by atoms with van der Waals surface area (Å²) in [6, 6.07) is 13.9. The van der Waals surface area contributed by atoms with Gasteiger partial charge in [0.15, 0.2) is 0 Å². The second kappa shape index (κ2) is 9.52. The predicted octanol–water partition coefficient (Wildman–Crippen LogP) is 6.97. The van der Waals surface area contributed by atoms with Gasteiger partial charge in [-0.2, -0.15) is 0 Å². The third-order valence-corrected chi connectivity index (χ3v) is 5.35. The Hall–Kier alpha value is -3.29. The van der Waals surface area contributed by atoms with Gasteiger partial charge in [-0.15, -0.1) is 0 Å². The number of ketones is 2. The fourth-order valence-electron chi connectivity index (χ4n) is 3.84. The lowest BCUT2D eigenvalue weighted by Crippen LogP contribution is -2.31. The molecule has 0 aliphatic carbocycles. The Morgan fingerprint density at radius 3 is 1.24 bits per heavy atom. The molecule has 0 radical (unpaired) electrons. The van der Waals surface area contributed by atoms with E-state index < -0.39 is 14.2 Å². The summed E-state index contributed by atoms with van der Waals surface area (Å²) >= 11 is 0. The molecule has 0 amide bonds. The van der Waals surface area contributed by atoms with Gasteiger partial charge in [-0.05, 0) is 48.2 Å². The van der Waals surface area contributed by atoms with Crippen molar-refractivity contribution in [3.63, 3.8) is 0 Å². The lowest BCUT2D eigenvalue weighted by molar-refractivity contribution is -0.191. The number of rotatable bonds is 7. The molecule has 0 spiro atoms. The zero-order chi connectivity index (χ0) is 24.3. The van der Waals surface area contributed by atoms with Gasteiger partial charge in [-0.25, -0.2) is 0 Å². The summed E-state index contributed by atoms with van der Waals surface area (Å²) in [6.07, 6.45) is 5.12. The topological polar surface area (TPSA) is 41.1 Å². The maximum atomic E-state index is 13.9. The molecule has 0 aromatic heterocycles. The third-order valence-electron chi connectivity index (χ3n) is 5.35. The smallest absolute Gasteiger partial charge is 0.572 e. The molecule has 4 rings (SSSR count). The summed E-state index contributed by atoms with van der Waals surface area (Å²) in [7, 11) is -8.80. The average Bonchev–Trinajstić information content (AvgIpc) is 2.78. The van der Waals surface area contributed by atoms with Gasteiger partial charge in [0, 0.05) is 12.8 Å². The average molecular weight is 474 g/mol. The number of hydrogen-bond acceptors (Lipinski definition) is 2. The van der Waals surface area contributed by atoms with Crippen LogP contribution in [0.2, 0.25) is 0 Å². The van der Waals surface area contributed by atoms with Crippen molar-refractivity contribution in [2.75, 3.05) is 0 Å². The van der Waals surface area contributed by atoms with E-state index in [9.17, 15) is 17.3 Å². The fraction of sp³-hybridized carbons (Fsp3) is 0.250. The van der Waals surface area contributed by atoms with E-state index >= 15 is 0 Å². The molecule has 0 N–H and O–H groups in total. The molecule has 2 aliphatic heterocycles. The summed E-state index contributed by atoms with van der Waals surface area (Å²) < 4.78 is 74.2. The van der Waals surface area contributed by atoms with Gasteiger partial charge >= 0.3 is 14.2 Å². The lowest BCUT2D eigenvalue weighted by Gasteiger charge is -2.19. The summed E-state index contributed by atoms with van der Waals surface area (Å²) in [5.74, 6) is 0.521. The van der Waals surface area contributed by atoms with Gasteiger partial charge in [0.2, 0.25) is 0 Å². The number of hydrogen-bond donors (Lipinski definition) is 0. The molecule has 10 heteroatoms. The minimum atomic E-state index is -4.40. The summed E-state index contributed by atoms with van der Waals surface area (Å²) in [5, 5.41) is 0. The lowest BCUT2D eigenvalue weighted by atomic mass is 9.98. The molecule has 0 atom stereocenters. The van der Waals surface area contributed by atoms with Crippen LogP contribution in [0.15, 0.2) is 72.2 Å². The highest BCUT2D eigenvalue weighted by molar-refractivity contribution is 6.51. The maximum absolute atomic E-state index is 13.9. The van der Waals surface area contributed by atoms with E-state index in [4.69, 9.17) is 8.68 Å². The molecule has 2 aromatic rings. The van der Waals surface area contributed by atoms with Crippen molar-refractivity contribution in [2.24, 2.45) is 0 Å². The van der Waals surface area contributed by atoms with Crippen molar-refractivity contribution in [2.45, 2.75) is 39.5 Å². The maximum Gasteiger partial charge on any atom is 0.994 e. The molecule has 0 saturated carbocycles. The highest BCUT2D eigenvalue weighted by Crippen LogP contribution is 2.28. The summed E-state index contributed by atoms with van der Waals surface area (Å²) in [5.41, 5.74) is 2.66. The largest absolute Gasteiger partial charge is 0.994 e. The van der Waals surface area contributed by atoms with Crippen LogP contribution in [0.25, 0.3) is 11.1 Å². The van der Waals surface area contributed by atoms with Crippen molar-refractivity contribution < 1.29 is 35.3 Å². The third kappa shape index (κ3) is 5.61. The van der Waals surface area contributed by atoms with E-state index in [1.54, 1.807) is 48.5 Å². The van der Waals surface area contributed by atoms with E-state index in [2.05, 4.69) is 9.31 Å². The van der Waals surface area contributed by atoms with Crippen molar-refractivity contribution in [1.29, 1.82) is 0 Å². The quantitative estimate of drug-likeness (QED) is 0.247. The van der Waals surface area contributed by atoms with Gasteiger partial charge in [0.05, 0.1) is 34.8 Å². The summed E-state index contributed by atoms with van der Waals surface area (Å²) in [6.45, 7) is 3.76. The van der Waals surface area contributed by atoms with Crippen LogP contribution in [0.5, 0.6) is 0 Å². The van der Waals surface area contributed by atoms with Crippen molar-refractivity contribution in [3.05, 3.63) is 83.3 Å². The highest BCUT2D eigenvalue weighted by atomic mass is 19.3. The second-order valence-electron chi connectivity index (χ2n) is 8.15. The molecule has 0 unspecified atom stereocenters. The van der Waals surface area contributed by atoms with Crippen LogP contribution in [-0.2, 0) is 9.31 Å². The Balaban J connectivity index is 1.55. The van der Waals surface area contributed by atoms with Gasteiger partial charge in [-0.3, -0.25) is 0 Å². The molecule has 4 nitrogen and oxygen atoms in total. The van der Waals surface area contributed by atoms with E-state index in [0.29, 0.717) is 36.8 Å². The second-order valence-corrected chi connectivity index (χ2v) is 8.15. The zero-order valence-electron chi connectivity index (χ0n) is 18.9. The Morgan fingerprint density at radius 1 is 0.588 bits per heavy atom. The van der Waals surface area contributed by atoms with E-state index in [-0.39, 0.29) is 23.1 Å². The molecule has 2 aromatic carbocycles. The Morgan fingerprint density at radius 2 is 0.912 bits per heavy atom. The van der Waals surface area contributed by atoms with Crippen LogP contribution >= 0.6 is 0 Å². The first-order chi connectivity index (χ1) is 16.2. The molecule has 34 heavy (non-hydrogen) atoms. The molecular weight excluding hydrogens is 450 g/mol. The number of benzene rings is 2. The molecule has 2 aliphatic rings. The monoisotopic (exact) mass is 474 g/mol. The van der Waals surface area contributed by atoms with E-state index in [1.807, 2.05) is 13.8 Å². The SMILES string of the molecule is CCCC1=CC(c2ccc(-c3ccc(C4=[O+][B-](F)(F)OC(CCC)=C4)cc3)cc2)=[O+][B-](F)(F)O1. The minimum absolute atomic E-state index is 0.0622. The van der Waals surface area contributed by atoms with Crippen LogP contribution < -0.4 is 0 Å².